The zero-order chi connectivity index (χ0) is 12.0. The van der Waals surface area contributed by atoms with Crippen LogP contribution in [0.15, 0.2) is 18.2 Å². The lowest BCUT2D eigenvalue weighted by molar-refractivity contribution is 0.307. The molecule has 0 saturated heterocycles. The van der Waals surface area contributed by atoms with E-state index in [4.69, 9.17) is 4.74 Å². The highest BCUT2D eigenvalue weighted by atomic mass is 19.1. The van der Waals surface area contributed by atoms with Gasteiger partial charge in [-0.25, -0.2) is 4.39 Å². The summed E-state index contributed by atoms with van der Waals surface area (Å²) >= 11 is 0. The van der Waals surface area contributed by atoms with Gasteiger partial charge in [-0.1, -0.05) is 19.9 Å². The summed E-state index contributed by atoms with van der Waals surface area (Å²) in [7, 11) is 0. The maximum Gasteiger partial charge on any atom is 0.126 e. The monoisotopic (exact) mass is 225 g/mol. The van der Waals surface area contributed by atoms with Crippen molar-refractivity contribution in [3.63, 3.8) is 0 Å². The molecule has 0 aliphatic carbocycles. The quantitative estimate of drug-likeness (QED) is 0.752. The summed E-state index contributed by atoms with van der Waals surface area (Å²) in [5.41, 5.74) is 0.963. The minimum atomic E-state index is -0.254. The number of halogens is 1. The van der Waals surface area contributed by atoms with Gasteiger partial charge in [0.25, 0.3) is 0 Å². The number of hydrogen-bond donors (Lipinski definition) is 1. The lowest BCUT2D eigenvalue weighted by atomic mass is 10.2. The van der Waals surface area contributed by atoms with Crippen LogP contribution in [0.5, 0.6) is 5.75 Å². The Balaban J connectivity index is 2.29. The lowest BCUT2D eigenvalue weighted by Crippen LogP contribution is -2.25. The van der Waals surface area contributed by atoms with Crippen molar-refractivity contribution in [2.45, 2.75) is 20.8 Å². The van der Waals surface area contributed by atoms with Gasteiger partial charge in [0.2, 0.25) is 0 Å². The first-order chi connectivity index (χ1) is 7.59. The molecule has 0 bridgehead atoms. The molecule has 1 rings (SSSR count). The Hall–Kier alpha value is -1.09. The number of benzene rings is 1. The Morgan fingerprint density at radius 3 is 2.81 bits per heavy atom. The molecular weight excluding hydrogens is 205 g/mol. The Morgan fingerprint density at radius 1 is 1.38 bits per heavy atom. The van der Waals surface area contributed by atoms with Crippen LogP contribution < -0.4 is 10.1 Å². The molecule has 1 aromatic carbocycles. The van der Waals surface area contributed by atoms with E-state index < -0.39 is 0 Å². The fourth-order valence-electron chi connectivity index (χ4n) is 1.35. The zero-order valence-corrected chi connectivity index (χ0v) is 10.2. The predicted octanol–water partition coefficient (Wildman–Crippen LogP) is 2.76. The second-order valence-electron chi connectivity index (χ2n) is 4.36. The number of aryl methyl sites for hydroxylation is 1. The molecule has 0 heterocycles. The third kappa shape index (κ3) is 4.62. The number of hydrogen-bond acceptors (Lipinski definition) is 2. The van der Waals surface area contributed by atoms with Gasteiger partial charge in [-0.2, -0.15) is 0 Å². The van der Waals surface area contributed by atoms with Crippen LogP contribution in [0.2, 0.25) is 0 Å². The highest BCUT2D eigenvalue weighted by Crippen LogP contribution is 2.18. The normalized spacial score (nSPS) is 10.8. The van der Waals surface area contributed by atoms with Crippen molar-refractivity contribution < 1.29 is 9.13 Å². The summed E-state index contributed by atoms with van der Waals surface area (Å²) in [6, 6.07) is 4.60. The highest BCUT2D eigenvalue weighted by molar-refractivity contribution is 5.32. The molecule has 90 valence electrons. The van der Waals surface area contributed by atoms with Crippen LogP contribution in [0.3, 0.4) is 0 Å². The van der Waals surface area contributed by atoms with Crippen molar-refractivity contribution in [1.82, 2.24) is 5.32 Å². The van der Waals surface area contributed by atoms with E-state index in [0.717, 1.165) is 18.7 Å². The molecule has 0 spiro atoms. The standard InChI is InChI=1S/C13H20FNO/c1-10(2)9-15-6-7-16-13-8-12(14)5-4-11(13)3/h4-5,8,10,15H,6-7,9H2,1-3H3. The molecule has 0 radical (unpaired) electrons. The number of ether oxygens (including phenoxy) is 1. The Morgan fingerprint density at radius 2 is 2.12 bits per heavy atom. The minimum absolute atomic E-state index is 0.254. The summed E-state index contributed by atoms with van der Waals surface area (Å²) in [5, 5.41) is 3.27. The van der Waals surface area contributed by atoms with Crippen LogP contribution in [0.1, 0.15) is 19.4 Å². The Kier molecular flexibility index (Phi) is 5.26. The molecule has 1 aromatic rings. The minimum Gasteiger partial charge on any atom is -0.492 e. The van der Waals surface area contributed by atoms with Gasteiger partial charge in [0, 0.05) is 12.6 Å². The van der Waals surface area contributed by atoms with Crippen molar-refractivity contribution in [3.8, 4) is 5.75 Å². The second kappa shape index (κ2) is 6.48. The lowest BCUT2D eigenvalue weighted by Gasteiger charge is -2.10. The Bertz CT molecular complexity index is 326. The summed E-state index contributed by atoms with van der Waals surface area (Å²) in [6.45, 7) is 8.56. The van der Waals surface area contributed by atoms with Gasteiger partial charge in [0.15, 0.2) is 0 Å². The van der Waals surface area contributed by atoms with E-state index in [1.54, 1.807) is 6.07 Å². The van der Waals surface area contributed by atoms with Crippen molar-refractivity contribution in [3.05, 3.63) is 29.6 Å². The Labute approximate surface area is 96.8 Å². The maximum absolute atomic E-state index is 12.9. The zero-order valence-electron chi connectivity index (χ0n) is 10.2. The van der Waals surface area contributed by atoms with Gasteiger partial charge in [-0.05, 0) is 31.0 Å². The van der Waals surface area contributed by atoms with Crippen molar-refractivity contribution in [2.24, 2.45) is 5.92 Å². The second-order valence-corrected chi connectivity index (χ2v) is 4.36. The average molecular weight is 225 g/mol. The molecule has 3 heteroatoms. The average Bonchev–Trinajstić information content (AvgIpc) is 2.22. The van der Waals surface area contributed by atoms with Crippen molar-refractivity contribution in [1.29, 1.82) is 0 Å². The van der Waals surface area contributed by atoms with E-state index in [2.05, 4.69) is 19.2 Å². The van der Waals surface area contributed by atoms with E-state index in [0.29, 0.717) is 18.3 Å². The first-order valence-electron chi connectivity index (χ1n) is 5.69. The van der Waals surface area contributed by atoms with Crippen LogP contribution >= 0.6 is 0 Å². The molecule has 0 atom stereocenters. The number of nitrogens with one attached hydrogen (secondary N) is 1. The molecule has 0 fully saturated rings. The number of rotatable bonds is 6. The fourth-order valence-corrected chi connectivity index (χ4v) is 1.35. The van der Waals surface area contributed by atoms with Gasteiger partial charge >= 0.3 is 0 Å². The molecular formula is C13H20FNO. The van der Waals surface area contributed by atoms with Crippen LogP contribution in [0, 0.1) is 18.7 Å². The molecule has 0 aliphatic heterocycles. The SMILES string of the molecule is Cc1ccc(F)cc1OCCNCC(C)C. The summed E-state index contributed by atoms with van der Waals surface area (Å²) in [5.74, 6) is 1.01. The summed E-state index contributed by atoms with van der Waals surface area (Å²) in [4.78, 5) is 0. The van der Waals surface area contributed by atoms with Crippen LogP contribution in [-0.4, -0.2) is 19.7 Å². The molecule has 0 aromatic heterocycles. The van der Waals surface area contributed by atoms with Gasteiger partial charge in [0.05, 0.1) is 0 Å². The van der Waals surface area contributed by atoms with Gasteiger partial charge in [-0.15, -0.1) is 0 Å². The summed E-state index contributed by atoms with van der Waals surface area (Å²) < 4.78 is 18.4. The molecule has 1 N–H and O–H groups in total. The fraction of sp³-hybridized carbons (Fsp3) is 0.538. The first-order valence-corrected chi connectivity index (χ1v) is 5.69. The first kappa shape index (κ1) is 13.0. The molecule has 16 heavy (non-hydrogen) atoms. The van der Waals surface area contributed by atoms with Crippen molar-refractivity contribution >= 4 is 0 Å². The van der Waals surface area contributed by atoms with E-state index >= 15 is 0 Å². The van der Waals surface area contributed by atoms with E-state index in [1.807, 2.05) is 6.92 Å². The smallest absolute Gasteiger partial charge is 0.126 e. The van der Waals surface area contributed by atoms with E-state index in [9.17, 15) is 4.39 Å². The maximum atomic E-state index is 12.9. The predicted molar refractivity (Wildman–Crippen MR) is 64.3 cm³/mol. The molecule has 0 unspecified atom stereocenters. The van der Waals surface area contributed by atoms with Crippen LogP contribution in [0.4, 0.5) is 4.39 Å². The topological polar surface area (TPSA) is 21.3 Å². The largest absolute Gasteiger partial charge is 0.492 e. The van der Waals surface area contributed by atoms with E-state index in [-0.39, 0.29) is 5.82 Å². The molecule has 0 amide bonds. The van der Waals surface area contributed by atoms with Crippen LogP contribution in [0.25, 0.3) is 0 Å². The van der Waals surface area contributed by atoms with E-state index in [1.165, 1.54) is 12.1 Å². The van der Waals surface area contributed by atoms with Crippen molar-refractivity contribution in [2.75, 3.05) is 19.7 Å². The van der Waals surface area contributed by atoms with Gasteiger partial charge in [0.1, 0.15) is 18.2 Å². The highest BCUT2D eigenvalue weighted by Gasteiger charge is 2.01. The third-order valence-electron chi connectivity index (χ3n) is 2.24. The molecule has 0 aliphatic rings. The third-order valence-corrected chi connectivity index (χ3v) is 2.24. The molecule has 2 nitrogen and oxygen atoms in total. The van der Waals surface area contributed by atoms with Gasteiger partial charge < -0.3 is 10.1 Å². The van der Waals surface area contributed by atoms with Crippen LogP contribution in [-0.2, 0) is 0 Å². The summed E-state index contributed by atoms with van der Waals surface area (Å²) in [6.07, 6.45) is 0. The molecule has 0 saturated carbocycles. The van der Waals surface area contributed by atoms with Gasteiger partial charge in [-0.3, -0.25) is 0 Å².